The Kier molecular flexibility index (Phi) is 5.23. The first-order chi connectivity index (χ1) is 9.62. The van der Waals surface area contributed by atoms with Crippen LogP contribution in [0.5, 0.6) is 0 Å². The third-order valence-corrected chi connectivity index (χ3v) is 2.87. The second-order valence-corrected chi connectivity index (χ2v) is 5.08. The second kappa shape index (κ2) is 6.51. The van der Waals surface area contributed by atoms with Crippen molar-refractivity contribution >= 4 is 29.2 Å². The van der Waals surface area contributed by atoms with Gasteiger partial charge in [0.2, 0.25) is 0 Å². The summed E-state index contributed by atoms with van der Waals surface area (Å²) >= 11 is 5.68. The summed E-state index contributed by atoms with van der Waals surface area (Å²) in [4.78, 5) is 32.2. The monoisotopic (exact) mass is 316 g/mol. The normalized spacial score (nSPS) is 13.3. The van der Waals surface area contributed by atoms with Gasteiger partial charge in [0.25, 0.3) is 11.6 Å². The van der Waals surface area contributed by atoms with E-state index in [1.807, 2.05) is 0 Å². The molecule has 0 aliphatic heterocycles. The zero-order chi connectivity index (χ0) is 16.2. The van der Waals surface area contributed by atoms with Crippen molar-refractivity contribution in [2.45, 2.75) is 18.9 Å². The molecule has 1 aromatic rings. The van der Waals surface area contributed by atoms with Gasteiger partial charge in [-0.15, -0.1) is 0 Å². The summed E-state index contributed by atoms with van der Waals surface area (Å²) < 4.78 is 0. The maximum atomic E-state index is 11.8. The minimum absolute atomic E-state index is 0.0664. The smallest absolute Gasteiger partial charge is 0.306 e. The zero-order valence-corrected chi connectivity index (χ0v) is 11.8. The van der Waals surface area contributed by atoms with Crippen LogP contribution in [0.2, 0.25) is 5.02 Å². The molecular weight excluding hydrogens is 304 g/mol. The molecule has 0 aromatic heterocycles. The highest BCUT2D eigenvalue weighted by Crippen LogP contribution is 2.24. The van der Waals surface area contributed by atoms with Crippen molar-refractivity contribution in [2.75, 3.05) is 6.54 Å². The van der Waals surface area contributed by atoms with Gasteiger partial charge in [0.1, 0.15) is 5.02 Å². The molecular formula is C12H13ClN2O6. The van der Waals surface area contributed by atoms with Crippen LogP contribution in [0, 0.1) is 10.1 Å². The first kappa shape index (κ1) is 16.9. The third-order valence-electron chi connectivity index (χ3n) is 2.57. The molecule has 0 spiro atoms. The number of rotatable bonds is 6. The minimum atomic E-state index is -1.61. The maximum absolute atomic E-state index is 11.8. The van der Waals surface area contributed by atoms with E-state index in [1.54, 1.807) is 0 Å². The first-order valence-corrected chi connectivity index (χ1v) is 6.16. The lowest BCUT2D eigenvalue weighted by atomic mass is 10.0. The number of aliphatic carboxylic acids is 1. The van der Waals surface area contributed by atoms with E-state index in [0.29, 0.717) is 0 Å². The average molecular weight is 317 g/mol. The van der Waals surface area contributed by atoms with Gasteiger partial charge in [-0.1, -0.05) is 11.6 Å². The molecule has 114 valence electrons. The first-order valence-electron chi connectivity index (χ1n) is 5.79. The number of carboxylic acid groups (broad SMARTS) is 1. The number of aliphatic hydroxyl groups is 1. The molecule has 21 heavy (non-hydrogen) atoms. The van der Waals surface area contributed by atoms with Gasteiger partial charge in [-0.2, -0.15) is 0 Å². The molecule has 0 bridgehead atoms. The van der Waals surface area contributed by atoms with E-state index < -0.39 is 28.8 Å². The molecule has 3 N–H and O–H groups in total. The summed E-state index contributed by atoms with van der Waals surface area (Å²) in [5, 5.41) is 31.1. The molecule has 0 fully saturated rings. The lowest BCUT2D eigenvalue weighted by Crippen LogP contribution is -2.42. The lowest BCUT2D eigenvalue weighted by Gasteiger charge is -2.21. The standard InChI is InChI=1S/C12H13ClN2O6/c1-12(19,5-10(16)17)6-14-11(18)7-2-3-9(15(20)21)8(13)4-7/h2-4,19H,5-6H2,1H3,(H,14,18)(H,16,17). The van der Waals surface area contributed by atoms with E-state index in [2.05, 4.69) is 5.32 Å². The fraction of sp³-hybridized carbons (Fsp3) is 0.333. The molecule has 1 atom stereocenters. The Hall–Kier alpha value is -2.19. The molecule has 0 heterocycles. The molecule has 0 saturated heterocycles. The molecule has 1 unspecified atom stereocenters. The Morgan fingerprint density at radius 2 is 2.10 bits per heavy atom. The molecule has 8 nitrogen and oxygen atoms in total. The number of nitrogens with one attached hydrogen (secondary N) is 1. The predicted molar refractivity (Wildman–Crippen MR) is 73.3 cm³/mol. The van der Waals surface area contributed by atoms with Gasteiger partial charge in [0.15, 0.2) is 0 Å². The number of nitro groups is 1. The summed E-state index contributed by atoms with van der Waals surface area (Å²) in [6, 6.07) is 3.43. The quantitative estimate of drug-likeness (QED) is 0.534. The van der Waals surface area contributed by atoms with Crippen molar-refractivity contribution in [3.63, 3.8) is 0 Å². The van der Waals surface area contributed by atoms with Crippen molar-refractivity contribution in [3.05, 3.63) is 38.9 Å². The van der Waals surface area contributed by atoms with Crippen LogP contribution in [0.3, 0.4) is 0 Å². The van der Waals surface area contributed by atoms with Crippen molar-refractivity contribution in [1.29, 1.82) is 0 Å². The molecule has 0 radical (unpaired) electrons. The van der Waals surface area contributed by atoms with Crippen LogP contribution >= 0.6 is 11.6 Å². The van der Waals surface area contributed by atoms with Gasteiger partial charge in [-0.05, 0) is 19.1 Å². The van der Waals surface area contributed by atoms with E-state index in [9.17, 15) is 24.8 Å². The Bertz CT molecular complexity index is 587. The Labute approximate surface area is 124 Å². The highest BCUT2D eigenvalue weighted by molar-refractivity contribution is 6.33. The van der Waals surface area contributed by atoms with E-state index >= 15 is 0 Å². The van der Waals surface area contributed by atoms with E-state index in [4.69, 9.17) is 16.7 Å². The Morgan fingerprint density at radius 3 is 2.57 bits per heavy atom. The van der Waals surface area contributed by atoms with Crippen LogP contribution in [0.1, 0.15) is 23.7 Å². The fourth-order valence-electron chi connectivity index (χ4n) is 1.56. The van der Waals surface area contributed by atoms with Crippen LogP contribution in [-0.2, 0) is 4.79 Å². The molecule has 9 heteroatoms. The largest absolute Gasteiger partial charge is 0.481 e. The van der Waals surface area contributed by atoms with Crippen molar-refractivity contribution in [1.82, 2.24) is 5.32 Å². The van der Waals surface area contributed by atoms with Crippen molar-refractivity contribution < 1.29 is 24.7 Å². The molecule has 0 saturated carbocycles. The van der Waals surface area contributed by atoms with Crippen LogP contribution < -0.4 is 5.32 Å². The average Bonchev–Trinajstić information content (AvgIpc) is 2.33. The van der Waals surface area contributed by atoms with Gasteiger partial charge >= 0.3 is 5.97 Å². The fourth-order valence-corrected chi connectivity index (χ4v) is 1.81. The van der Waals surface area contributed by atoms with Gasteiger partial charge in [-0.25, -0.2) is 0 Å². The highest BCUT2D eigenvalue weighted by Gasteiger charge is 2.25. The number of nitro benzene ring substituents is 1. The number of amides is 1. The number of carbonyl (C=O) groups is 2. The van der Waals surface area contributed by atoms with Crippen LogP contribution in [0.25, 0.3) is 0 Å². The van der Waals surface area contributed by atoms with E-state index in [1.165, 1.54) is 13.0 Å². The van der Waals surface area contributed by atoms with Crippen LogP contribution in [-0.4, -0.2) is 39.2 Å². The number of hydrogen-bond acceptors (Lipinski definition) is 5. The number of hydrogen-bond donors (Lipinski definition) is 3. The van der Waals surface area contributed by atoms with Crippen LogP contribution in [0.15, 0.2) is 18.2 Å². The second-order valence-electron chi connectivity index (χ2n) is 4.67. The summed E-state index contributed by atoms with van der Waals surface area (Å²) in [6.45, 7) is 0.983. The molecule has 1 aromatic carbocycles. The minimum Gasteiger partial charge on any atom is -0.481 e. The van der Waals surface area contributed by atoms with Crippen molar-refractivity contribution in [2.24, 2.45) is 0 Å². The zero-order valence-electron chi connectivity index (χ0n) is 11.0. The lowest BCUT2D eigenvalue weighted by molar-refractivity contribution is -0.384. The van der Waals surface area contributed by atoms with Gasteiger partial charge < -0.3 is 15.5 Å². The Balaban J connectivity index is 2.75. The number of carboxylic acids is 1. The van der Waals surface area contributed by atoms with E-state index in [-0.39, 0.29) is 22.8 Å². The summed E-state index contributed by atoms with van der Waals surface area (Å²) in [6.07, 6.45) is -0.533. The molecule has 1 rings (SSSR count). The number of nitrogens with zero attached hydrogens (tertiary/aromatic N) is 1. The predicted octanol–water partition coefficient (Wildman–Crippen LogP) is 1.20. The number of halogens is 1. The summed E-state index contributed by atoms with van der Waals surface area (Å²) in [5.74, 6) is -1.83. The highest BCUT2D eigenvalue weighted by atomic mass is 35.5. The topological polar surface area (TPSA) is 130 Å². The van der Waals surface area contributed by atoms with E-state index in [0.717, 1.165) is 12.1 Å². The van der Waals surface area contributed by atoms with Crippen LogP contribution in [0.4, 0.5) is 5.69 Å². The Morgan fingerprint density at radius 1 is 1.48 bits per heavy atom. The maximum Gasteiger partial charge on any atom is 0.306 e. The van der Waals surface area contributed by atoms with Gasteiger partial charge in [-0.3, -0.25) is 19.7 Å². The van der Waals surface area contributed by atoms with Gasteiger partial charge in [0.05, 0.1) is 16.9 Å². The number of carbonyl (C=O) groups excluding carboxylic acids is 1. The third kappa shape index (κ3) is 5.01. The summed E-state index contributed by atoms with van der Waals surface area (Å²) in [7, 11) is 0. The molecule has 0 aliphatic carbocycles. The molecule has 0 aliphatic rings. The van der Waals surface area contributed by atoms with Crippen molar-refractivity contribution in [3.8, 4) is 0 Å². The number of benzene rings is 1. The molecule has 1 amide bonds. The summed E-state index contributed by atoms with van der Waals surface area (Å²) in [5.41, 5.74) is -1.87. The SMILES string of the molecule is CC(O)(CNC(=O)c1ccc([N+](=O)[O-])c(Cl)c1)CC(=O)O. The van der Waals surface area contributed by atoms with Gasteiger partial charge in [0, 0.05) is 18.2 Å².